The summed E-state index contributed by atoms with van der Waals surface area (Å²) >= 11 is 0. The van der Waals surface area contributed by atoms with Crippen molar-refractivity contribution in [2.45, 2.75) is 79.0 Å². The normalized spacial score (nSPS) is 14.2. The highest BCUT2D eigenvalue weighted by Crippen LogP contribution is 2.49. The Bertz CT molecular complexity index is 271. The fourth-order valence-electron chi connectivity index (χ4n) is 1.66. The van der Waals surface area contributed by atoms with Crippen molar-refractivity contribution in [1.29, 1.82) is 0 Å². The monoisotopic (exact) mass is 287 g/mol. The molecule has 0 bridgehead atoms. The molecule has 0 spiro atoms. The molecular weight excluding hydrogens is 257 g/mol. The lowest BCUT2D eigenvalue weighted by Crippen LogP contribution is -2.35. The van der Waals surface area contributed by atoms with Crippen LogP contribution in [0.2, 0.25) is 0 Å². The van der Waals surface area contributed by atoms with Crippen LogP contribution in [0, 0.1) is 12.3 Å². The molecule has 0 aliphatic heterocycles. The molecule has 0 fully saturated rings. The van der Waals surface area contributed by atoms with E-state index in [-0.39, 0.29) is 5.60 Å². The second kappa shape index (κ2) is 8.93. The summed E-state index contributed by atoms with van der Waals surface area (Å²) in [6.07, 6.45) is 6.90. The Kier molecular flexibility index (Phi) is 8.86. The van der Waals surface area contributed by atoms with Gasteiger partial charge in [-0.15, -0.1) is 12.3 Å². The van der Waals surface area contributed by atoms with Crippen molar-refractivity contribution >= 4 is 8.53 Å². The van der Waals surface area contributed by atoms with Gasteiger partial charge < -0.3 is 9.05 Å². The van der Waals surface area contributed by atoms with Gasteiger partial charge in [0.2, 0.25) is 0 Å². The third kappa shape index (κ3) is 8.60. The number of hydrogen-bond acceptors (Lipinski definition) is 3. The summed E-state index contributed by atoms with van der Waals surface area (Å²) in [5.74, 6) is 2.64. The summed E-state index contributed by atoms with van der Waals surface area (Å²) in [6, 6.07) is 0.780. The highest BCUT2D eigenvalue weighted by atomic mass is 31.2. The van der Waals surface area contributed by atoms with Gasteiger partial charge >= 0.3 is 0 Å². The molecule has 0 heterocycles. The minimum Gasteiger partial charge on any atom is -0.322 e. The second-order valence-corrected chi connectivity index (χ2v) is 7.53. The predicted octanol–water partition coefficient (Wildman–Crippen LogP) is 4.58. The van der Waals surface area contributed by atoms with E-state index in [2.05, 4.69) is 59.1 Å². The molecular formula is C15H30NO2P. The molecule has 3 nitrogen and oxygen atoms in total. The number of hydrogen-bond donors (Lipinski definition) is 0. The van der Waals surface area contributed by atoms with Gasteiger partial charge in [-0.25, -0.2) is 4.67 Å². The third-order valence-corrected chi connectivity index (χ3v) is 4.67. The summed E-state index contributed by atoms with van der Waals surface area (Å²) < 4.78 is 14.4. The Morgan fingerprint density at radius 1 is 1.16 bits per heavy atom. The number of rotatable bonds is 8. The molecule has 0 aromatic rings. The highest BCUT2D eigenvalue weighted by molar-refractivity contribution is 7.44. The Morgan fingerprint density at radius 2 is 1.68 bits per heavy atom. The van der Waals surface area contributed by atoms with E-state index in [1.54, 1.807) is 0 Å². The van der Waals surface area contributed by atoms with E-state index in [0.29, 0.717) is 18.7 Å². The maximum Gasteiger partial charge on any atom is 0.259 e. The lowest BCUT2D eigenvalue weighted by Gasteiger charge is -2.38. The zero-order valence-electron chi connectivity index (χ0n) is 13.6. The van der Waals surface area contributed by atoms with E-state index in [4.69, 9.17) is 15.5 Å². The lowest BCUT2D eigenvalue weighted by molar-refractivity contribution is 0.0860. The van der Waals surface area contributed by atoms with Crippen LogP contribution in [-0.2, 0) is 9.05 Å². The molecule has 0 N–H and O–H groups in total. The van der Waals surface area contributed by atoms with Crippen molar-refractivity contribution in [2.24, 2.45) is 0 Å². The smallest absolute Gasteiger partial charge is 0.259 e. The van der Waals surface area contributed by atoms with Gasteiger partial charge in [-0.3, -0.25) is 0 Å². The van der Waals surface area contributed by atoms with Crippen molar-refractivity contribution in [1.82, 2.24) is 4.67 Å². The van der Waals surface area contributed by atoms with Crippen molar-refractivity contribution in [3.8, 4) is 12.3 Å². The first-order chi connectivity index (χ1) is 8.69. The van der Waals surface area contributed by atoms with Gasteiger partial charge in [0.15, 0.2) is 0 Å². The number of nitrogens with zero attached hydrogens (tertiary/aromatic N) is 1. The van der Waals surface area contributed by atoms with Gasteiger partial charge in [0.25, 0.3) is 8.53 Å². The van der Waals surface area contributed by atoms with Crippen LogP contribution in [0.4, 0.5) is 0 Å². The van der Waals surface area contributed by atoms with E-state index in [1.807, 2.05) is 0 Å². The first kappa shape index (κ1) is 18.9. The molecule has 0 saturated carbocycles. The number of terminal acetylenes is 1. The zero-order valence-corrected chi connectivity index (χ0v) is 14.5. The van der Waals surface area contributed by atoms with Crippen molar-refractivity contribution < 1.29 is 9.05 Å². The summed E-state index contributed by atoms with van der Waals surface area (Å²) in [7, 11) is -1.04. The van der Waals surface area contributed by atoms with E-state index in [9.17, 15) is 0 Å². The van der Waals surface area contributed by atoms with Gasteiger partial charge in [0.05, 0.1) is 12.2 Å². The maximum atomic E-state index is 6.12. The van der Waals surface area contributed by atoms with Crippen molar-refractivity contribution in [3.63, 3.8) is 0 Å². The van der Waals surface area contributed by atoms with E-state index < -0.39 is 8.53 Å². The van der Waals surface area contributed by atoms with Gasteiger partial charge in [-0.05, 0) is 54.9 Å². The largest absolute Gasteiger partial charge is 0.322 e. The molecule has 0 amide bonds. The summed E-state index contributed by atoms with van der Waals surface area (Å²) in [4.78, 5) is 0. The van der Waals surface area contributed by atoms with Gasteiger partial charge in [-0.2, -0.15) is 0 Å². The standard InChI is InChI=1S/C15H30NO2P/c1-9-10-11-12-17-19(18-15(6,7)8)16(13(2)3)14(4)5/h1,13-14H,10-12H2,2-8H3. The predicted molar refractivity (Wildman–Crippen MR) is 83.9 cm³/mol. The average molecular weight is 287 g/mol. The molecule has 112 valence electrons. The summed E-state index contributed by atoms with van der Waals surface area (Å²) in [5.41, 5.74) is -0.208. The van der Waals surface area contributed by atoms with Crippen LogP contribution in [0.15, 0.2) is 0 Å². The zero-order chi connectivity index (χ0) is 15.1. The van der Waals surface area contributed by atoms with Crippen molar-refractivity contribution in [3.05, 3.63) is 0 Å². The van der Waals surface area contributed by atoms with Crippen LogP contribution in [0.1, 0.15) is 61.3 Å². The van der Waals surface area contributed by atoms with E-state index in [0.717, 1.165) is 12.8 Å². The second-order valence-electron chi connectivity index (χ2n) is 6.15. The molecule has 1 atom stereocenters. The molecule has 1 unspecified atom stereocenters. The van der Waals surface area contributed by atoms with Gasteiger partial charge in [0.1, 0.15) is 0 Å². The SMILES string of the molecule is C#CCCCOP(OC(C)(C)C)N(C(C)C)C(C)C. The highest BCUT2D eigenvalue weighted by Gasteiger charge is 2.30. The fraction of sp³-hybridized carbons (Fsp3) is 0.867. The van der Waals surface area contributed by atoms with Gasteiger partial charge in [-0.1, -0.05) is 0 Å². The summed E-state index contributed by atoms with van der Waals surface area (Å²) in [5, 5.41) is 0. The minimum atomic E-state index is -1.04. The quantitative estimate of drug-likeness (QED) is 0.370. The van der Waals surface area contributed by atoms with Crippen LogP contribution in [0.3, 0.4) is 0 Å². The molecule has 0 aromatic carbocycles. The first-order valence-corrected chi connectivity index (χ1v) is 8.16. The molecule has 0 aliphatic carbocycles. The summed E-state index contributed by atoms with van der Waals surface area (Å²) in [6.45, 7) is 15.5. The molecule has 0 aliphatic rings. The molecule has 0 radical (unpaired) electrons. The minimum absolute atomic E-state index is 0.208. The average Bonchev–Trinajstić information content (AvgIpc) is 2.20. The lowest BCUT2D eigenvalue weighted by atomic mass is 10.2. The number of unbranched alkanes of at least 4 members (excludes halogenated alkanes) is 1. The van der Waals surface area contributed by atoms with Crippen molar-refractivity contribution in [2.75, 3.05) is 6.61 Å². The van der Waals surface area contributed by atoms with Crippen LogP contribution in [-0.4, -0.2) is 29.0 Å². The van der Waals surface area contributed by atoms with Gasteiger partial charge in [0, 0.05) is 18.5 Å². The molecule has 4 heteroatoms. The van der Waals surface area contributed by atoms with Crippen LogP contribution in [0.5, 0.6) is 0 Å². The third-order valence-electron chi connectivity index (χ3n) is 2.27. The topological polar surface area (TPSA) is 21.7 Å². The molecule has 0 saturated heterocycles. The van der Waals surface area contributed by atoms with Crippen LogP contribution in [0.25, 0.3) is 0 Å². The van der Waals surface area contributed by atoms with Crippen LogP contribution < -0.4 is 0 Å². The van der Waals surface area contributed by atoms with Crippen LogP contribution >= 0.6 is 8.53 Å². The molecule has 19 heavy (non-hydrogen) atoms. The molecule has 0 rings (SSSR count). The molecule has 0 aromatic heterocycles. The van der Waals surface area contributed by atoms with E-state index in [1.165, 1.54) is 0 Å². The van der Waals surface area contributed by atoms with E-state index >= 15 is 0 Å². The fourth-order valence-corrected chi connectivity index (χ4v) is 3.45. The Hall–Kier alpha value is -0.130. The first-order valence-electron chi connectivity index (χ1n) is 7.03. The maximum absolute atomic E-state index is 6.12. The Morgan fingerprint density at radius 3 is 2.05 bits per heavy atom. The Labute approximate surface area is 121 Å². The Balaban J connectivity index is 4.68.